The normalized spacial score (nSPS) is 11.5. The molecule has 7 heteroatoms. The second-order valence-electron chi connectivity index (χ2n) is 4.15. The summed E-state index contributed by atoms with van der Waals surface area (Å²) in [5, 5.41) is 11.9. The molecular weight excluding hydrogens is 363 g/mol. The number of nitrogens with two attached hydrogens (primary N) is 1. The lowest BCUT2D eigenvalue weighted by molar-refractivity contribution is 0.290. The third-order valence-corrected chi connectivity index (χ3v) is 3.58. The van der Waals surface area contributed by atoms with Gasteiger partial charge in [0.2, 0.25) is 0 Å². The van der Waals surface area contributed by atoms with Crippen LogP contribution in [0.3, 0.4) is 0 Å². The highest BCUT2D eigenvalue weighted by Crippen LogP contribution is 2.25. The zero-order chi connectivity index (χ0) is 15.4. The smallest absolute Gasteiger partial charge is 0.170 e. The summed E-state index contributed by atoms with van der Waals surface area (Å²) in [5.74, 6) is -0.369. The van der Waals surface area contributed by atoms with Crippen LogP contribution in [-0.2, 0) is 6.61 Å². The molecule has 0 fully saturated rings. The van der Waals surface area contributed by atoms with Gasteiger partial charge in [-0.05, 0) is 24.3 Å². The molecule has 0 aliphatic rings. The Labute approximate surface area is 134 Å². The standard InChI is InChI=1S/C14H11BrClFN2O2/c15-10-3-4-12(17)13(6-10)21-7-9-2-1-8(5-11(9)16)14(18)19-20/h1-6,20H,7H2,(H2,18,19). The van der Waals surface area contributed by atoms with E-state index in [1.54, 1.807) is 24.3 Å². The van der Waals surface area contributed by atoms with Crippen LogP contribution in [0.1, 0.15) is 11.1 Å². The Bertz CT molecular complexity index is 695. The van der Waals surface area contributed by atoms with Gasteiger partial charge in [-0.25, -0.2) is 4.39 Å². The van der Waals surface area contributed by atoms with Gasteiger partial charge >= 0.3 is 0 Å². The first-order chi connectivity index (χ1) is 10.0. The first-order valence-corrected chi connectivity index (χ1v) is 7.02. The zero-order valence-electron chi connectivity index (χ0n) is 10.7. The van der Waals surface area contributed by atoms with Crippen LogP contribution >= 0.6 is 27.5 Å². The van der Waals surface area contributed by atoms with Crippen LogP contribution < -0.4 is 10.5 Å². The van der Waals surface area contributed by atoms with Gasteiger partial charge in [0.1, 0.15) is 6.61 Å². The Morgan fingerprint density at radius 3 is 2.76 bits per heavy atom. The third-order valence-electron chi connectivity index (χ3n) is 2.73. The number of nitrogens with zero attached hydrogens (tertiary/aromatic N) is 1. The number of ether oxygens (including phenoxy) is 1. The number of oxime groups is 1. The third kappa shape index (κ3) is 3.86. The van der Waals surface area contributed by atoms with Gasteiger partial charge < -0.3 is 15.7 Å². The molecule has 0 aliphatic carbocycles. The minimum absolute atomic E-state index is 0.0394. The molecule has 2 rings (SSSR count). The molecule has 110 valence electrons. The highest BCUT2D eigenvalue weighted by Gasteiger charge is 2.08. The number of rotatable bonds is 4. The fourth-order valence-electron chi connectivity index (χ4n) is 1.62. The predicted molar refractivity (Wildman–Crippen MR) is 82.4 cm³/mol. The maximum absolute atomic E-state index is 13.5. The van der Waals surface area contributed by atoms with Crippen LogP contribution in [0.25, 0.3) is 0 Å². The highest BCUT2D eigenvalue weighted by atomic mass is 79.9. The van der Waals surface area contributed by atoms with Crippen LogP contribution in [0.5, 0.6) is 5.75 Å². The second-order valence-corrected chi connectivity index (χ2v) is 5.48. The summed E-state index contributed by atoms with van der Waals surface area (Å²) in [6, 6.07) is 9.28. The van der Waals surface area contributed by atoms with Crippen molar-refractivity contribution in [2.75, 3.05) is 0 Å². The van der Waals surface area contributed by atoms with E-state index in [9.17, 15) is 4.39 Å². The average Bonchev–Trinajstić information content (AvgIpc) is 2.48. The number of hydrogen-bond donors (Lipinski definition) is 2. The molecule has 0 unspecified atom stereocenters. The Hall–Kier alpha value is -1.79. The SMILES string of the molecule is N/C(=N/O)c1ccc(COc2cc(Br)ccc2F)c(Cl)c1. The minimum atomic E-state index is -0.456. The molecule has 0 saturated carbocycles. The molecule has 0 atom stereocenters. The van der Waals surface area contributed by atoms with Gasteiger partial charge in [0.05, 0.1) is 0 Å². The molecule has 2 aromatic rings. The fourth-order valence-corrected chi connectivity index (χ4v) is 2.20. The van der Waals surface area contributed by atoms with E-state index in [2.05, 4.69) is 21.1 Å². The van der Waals surface area contributed by atoms with E-state index in [1.807, 2.05) is 0 Å². The largest absolute Gasteiger partial charge is 0.486 e. The zero-order valence-corrected chi connectivity index (χ0v) is 13.0. The van der Waals surface area contributed by atoms with Crippen molar-refractivity contribution in [1.82, 2.24) is 0 Å². The molecule has 0 aliphatic heterocycles. The molecular formula is C14H11BrClFN2O2. The molecule has 0 heterocycles. The Kier molecular flexibility index (Phi) is 5.03. The van der Waals surface area contributed by atoms with Crippen molar-refractivity contribution >= 4 is 33.4 Å². The molecule has 0 radical (unpaired) electrons. The Balaban J connectivity index is 2.15. The lowest BCUT2D eigenvalue weighted by Gasteiger charge is -2.10. The van der Waals surface area contributed by atoms with Gasteiger partial charge in [0.25, 0.3) is 0 Å². The molecule has 0 spiro atoms. The van der Waals surface area contributed by atoms with Crippen molar-refractivity contribution in [2.24, 2.45) is 10.9 Å². The molecule has 0 saturated heterocycles. The van der Waals surface area contributed by atoms with Crippen molar-refractivity contribution in [3.63, 3.8) is 0 Å². The van der Waals surface area contributed by atoms with Gasteiger partial charge in [-0.15, -0.1) is 0 Å². The minimum Gasteiger partial charge on any atom is -0.486 e. The molecule has 0 amide bonds. The van der Waals surface area contributed by atoms with Crippen LogP contribution in [0.2, 0.25) is 5.02 Å². The molecule has 4 nitrogen and oxygen atoms in total. The van der Waals surface area contributed by atoms with E-state index in [4.69, 9.17) is 27.3 Å². The fraction of sp³-hybridized carbons (Fsp3) is 0.0714. The van der Waals surface area contributed by atoms with E-state index < -0.39 is 5.82 Å². The van der Waals surface area contributed by atoms with Gasteiger partial charge in [-0.2, -0.15) is 0 Å². The number of hydrogen-bond acceptors (Lipinski definition) is 3. The first-order valence-electron chi connectivity index (χ1n) is 5.85. The van der Waals surface area contributed by atoms with Crippen LogP contribution in [0.15, 0.2) is 46.0 Å². The summed E-state index contributed by atoms with van der Waals surface area (Å²) >= 11 is 9.34. The number of amidine groups is 1. The summed E-state index contributed by atoms with van der Waals surface area (Å²) in [6.07, 6.45) is 0. The Morgan fingerprint density at radius 2 is 2.10 bits per heavy atom. The predicted octanol–water partition coefficient (Wildman–Crippen LogP) is 3.92. The second kappa shape index (κ2) is 6.78. The highest BCUT2D eigenvalue weighted by molar-refractivity contribution is 9.10. The Morgan fingerprint density at radius 1 is 1.33 bits per heavy atom. The van der Waals surface area contributed by atoms with Crippen LogP contribution in [0.4, 0.5) is 4.39 Å². The van der Waals surface area contributed by atoms with E-state index in [1.165, 1.54) is 12.1 Å². The molecule has 3 N–H and O–H groups in total. The van der Waals surface area contributed by atoms with Gasteiger partial charge in [0, 0.05) is 20.6 Å². The van der Waals surface area contributed by atoms with E-state index in [0.29, 0.717) is 20.6 Å². The summed E-state index contributed by atoms with van der Waals surface area (Å²) in [7, 11) is 0. The summed E-state index contributed by atoms with van der Waals surface area (Å²) < 4.78 is 19.7. The quantitative estimate of drug-likeness (QED) is 0.369. The number of halogens is 3. The van der Waals surface area contributed by atoms with Crippen LogP contribution in [0, 0.1) is 5.82 Å². The molecule has 21 heavy (non-hydrogen) atoms. The topological polar surface area (TPSA) is 67.8 Å². The maximum Gasteiger partial charge on any atom is 0.170 e. The van der Waals surface area contributed by atoms with Crippen molar-refractivity contribution in [2.45, 2.75) is 6.61 Å². The molecule has 0 aromatic heterocycles. The van der Waals surface area contributed by atoms with Gasteiger partial charge in [0.15, 0.2) is 17.4 Å². The lowest BCUT2D eigenvalue weighted by atomic mass is 10.1. The van der Waals surface area contributed by atoms with E-state index >= 15 is 0 Å². The van der Waals surface area contributed by atoms with Crippen molar-refractivity contribution in [3.8, 4) is 5.75 Å². The van der Waals surface area contributed by atoms with E-state index in [0.717, 1.165) is 0 Å². The lowest BCUT2D eigenvalue weighted by Crippen LogP contribution is -2.13. The van der Waals surface area contributed by atoms with Gasteiger partial charge in [-0.1, -0.05) is 44.8 Å². The number of benzene rings is 2. The maximum atomic E-state index is 13.5. The van der Waals surface area contributed by atoms with Crippen LogP contribution in [-0.4, -0.2) is 11.0 Å². The van der Waals surface area contributed by atoms with Crippen molar-refractivity contribution in [3.05, 3.63) is 62.8 Å². The summed E-state index contributed by atoms with van der Waals surface area (Å²) in [6.45, 7) is 0.0999. The summed E-state index contributed by atoms with van der Waals surface area (Å²) in [4.78, 5) is 0. The van der Waals surface area contributed by atoms with Crippen molar-refractivity contribution < 1.29 is 14.3 Å². The van der Waals surface area contributed by atoms with Crippen molar-refractivity contribution in [1.29, 1.82) is 0 Å². The molecule has 0 bridgehead atoms. The average molecular weight is 374 g/mol. The first kappa shape index (κ1) is 15.6. The van der Waals surface area contributed by atoms with Gasteiger partial charge in [-0.3, -0.25) is 0 Å². The molecule has 2 aromatic carbocycles. The van der Waals surface area contributed by atoms with E-state index in [-0.39, 0.29) is 18.2 Å². The summed E-state index contributed by atoms with van der Waals surface area (Å²) in [5.41, 5.74) is 6.61. The monoisotopic (exact) mass is 372 g/mol.